The van der Waals surface area contributed by atoms with E-state index in [1.807, 2.05) is 56.3 Å². The topological polar surface area (TPSA) is 136 Å². The van der Waals surface area contributed by atoms with Gasteiger partial charge in [0, 0.05) is 36.3 Å². The number of nitrogens with one attached hydrogen (secondary N) is 3. The van der Waals surface area contributed by atoms with Crippen LogP contribution in [0.3, 0.4) is 0 Å². The zero-order chi connectivity index (χ0) is 29.1. The maximum absolute atomic E-state index is 12.3. The molecule has 9 nitrogen and oxygen atoms in total. The van der Waals surface area contributed by atoms with Crippen LogP contribution in [-0.2, 0) is 4.79 Å². The molecule has 3 rings (SSSR count). The minimum Gasteiger partial charge on any atom is -0.494 e. The predicted octanol–water partition coefficient (Wildman–Crippen LogP) is 3.96. The number of aliphatic hydroxyl groups excluding tert-OH is 1. The fourth-order valence-corrected chi connectivity index (χ4v) is 4.02. The first-order valence-electron chi connectivity index (χ1n) is 13.0. The van der Waals surface area contributed by atoms with E-state index in [0.29, 0.717) is 54.8 Å². The number of aromatic amines is 1. The molecule has 2 aromatic carbocycles. The van der Waals surface area contributed by atoms with Crippen LogP contribution < -0.4 is 25.7 Å². The molecule has 0 spiro atoms. The van der Waals surface area contributed by atoms with Crippen molar-refractivity contribution in [1.82, 2.24) is 15.6 Å². The Morgan fingerprint density at radius 2 is 1.90 bits per heavy atom. The number of halogens is 1. The van der Waals surface area contributed by atoms with Crippen LogP contribution in [0, 0.1) is 18.3 Å². The van der Waals surface area contributed by atoms with Crippen molar-refractivity contribution in [3.63, 3.8) is 0 Å². The molecule has 0 radical (unpaired) electrons. The number of carbonyl (C=O) groups excluding carboxylic acids is 1. The number of para-hydroxylation sites is 1. The largest absolute Gasteiger partial charge is 0.494 e. The van der Waals surface area contributed by atoms with E-state index in [2.05, 4.69) is 15.6 Å². The van der Waals surface area contributed by atoms with Gasteiger partial charge < -0.3 is 30.2 Å². The average molecular weight is 567 g/mol. The number of hydrogen-bond acceptors (Lipinski definition) is 7. The third-order valence-electron chi connectivity index (χ3n) is 6.15. The van der Waals surface area contributed by atoms with Crippen LogP contribution in [0.25, 0.3) is 11.1 Å². The normalized spacial score (nSPS) is 11.9. The Balaban J connectivity index is 1.34. The van der Waals surface area contributed by atoms with Crippen LogP contribution >= 0.6 is 11.6 Å². The van der Waals surface area contributed by atoms with Crippen molar-refractivity contribution >= 4 is 17.5 Å². The molecule has 0 aliphatic carbocycles. The van der Waals surface area contributed by atoms with E-state index in [1.54, 1.807) is 25.1 Å². The number of nitrogens with zero attached hydrogens (tertiary/aromatic N) is 1. The smallest absolute Gasteiger partial charge is 0.266 e. The van der Waals surface area contributed by atoms with Gasteiger partial charge in [-0.15, -0.1) is 0 Å². The monoisotopic (exact) mass is 566 g/mol. The molecule has 1 amide bonds. The van der Waals surface area contributed by atoms with Gasteiger partial charge in [-0.1, -0.05) is 35.9 Å². The Morgan fingerprint density at radius 1 is 1.18 bits per heavy atom. The van der Waals surface area contributed by atoms with Gasteiger partial charge in [-0.2, -0.15) is 5.26 Å². The van der Waals surface area contributed by atoms with Gasteiger partial charge in [-0.3, -0.25) is 9.59 Å². The number of ether oxygens (including phenoxy) is 2. The lowest BCUT2D eigenvalue weighted by Crippen LogP contribution is -2.51. The summed E-state index contributed by atoms with van der Waals surface area (Å²) in [5.74, 6) is 1.10. The van der Waals surface area contributed by atoms with E-state index >= 15 is 0 Å². The van der Waals surface area contributed by atoms with Gasteiger partial charge >= 0.3 is 0 Å². The van der Waals surface area contributed by atoms with Gasteiger partial charge in [0.05, 0.1) is 11.6 Å². The molecule has 1 atom stereocenters. The first-order chi connectivity index (χ1) is 19.1. The Kier molecular flexibility index (Phi) is 11.1. The number of aromatic nitrogens is 1. The van der Waals surface area contributed by atoms with Crippen LogP contribution in [-0.4, -0.2) is 53.9 Å². The molecular formula is C30H35ClN4O5. The molecule has 1 heterocycles. The number of aryl methyl sites for hydroxylation is 1. The summed E-state index contributed by atoms with van der Waals surface area (Å²) < 4.78 is 11.3. The highest BCUT2D eigenvalue weighted by atomic mass is 35.5. The Hall–Kier alpha value is -3.84. The fourth-order valence-electron chi connectivity index (χ4n) is 3.83. The highest BCUT2D eigenvalue weighted by Crippen LogP contribution is 2.25. The molecule has 1 aromatic heterocycles. The van der Waals surface area contributed by atoms with E-state index in [1.165, 1.54) is 0 Å². The number of carbonyl (C=O) groups is 1. The number of amides is 1. The average Bonchev–Trinajstić information content (AvgIpc) is 2.93. The van der Waals surface area contributed by atoms with Gasteiger partial charge in [0.15, 0.2) is 0 Å². The zero-order valence-corrected chi connectivity index (χ0v) is 23.7. The lowest BCUT2D eigenvalue weighted by molar-refractivity contribution is -0.121. The van der Waals surface area contributed by atoms with E-state index in [4.69, 9.17) is 26.3 Å². The second kappa shape index (κ2) is 14.5. The molecule has 0 aliphatic heterocycles. The molecular weight excluding hydrogens is 532 g/mol. The van der Waals surface area contributed by atoms with Crippen LogP contribution in [0.2, 0.25) is 5.02 Å². The maximum atomic E-state index is 12.3. The summed E-state index contributed by atoms with van der Waals surface area (Å²) >= 11 is 6.06. The van der Waals surface area contributed by atoms with Crippen LogP contribution in [0.4, 0.5) is 0 Å². The van der Waals surface area contributed by atoms with Crippen LogP contribution in [0.5, 0.6) is 11.5 Å². The standard InChI is InChI=1S/C30H35ClN4O5/c1-20-25(15-22(16-32)29(38)35-20)21-10-12-24(13-11-21)39-14-6-9-28(37)33-19-30(2,3)34-17-23(36)18-40-27-8-5-4-7-26(27)31/h4-5,7-8,10-13,15,23,34,36H,6,9,14,17-19H2,1-3H3,(H,33,37)(H,35,38). The summed E-state index contributed by atoms with van der Waals surface area (Å²) in [6.45, 7) is 6.83. The van der Waals surface area contributed by atoms with Crippen molar-refractivity contribution in [2.45, 2.75) is 45.3 Å². The van der Waals surface area contributed by atoms with Crippen LogP contribution in [0.15, 0.2) is 59.4 Å². The molecule has 4 N–H and O–H groups in total. The highest BCUT2D eigenvalue weighted by molar-refractivity contribution is 6.32. The third-order valence-corrected chi connectivity index (χ3v) is 6.46. The summed E-state index contributed by atoms with van der Waals surface area (Å²) in [6, 6.07) is 17.9. The van der Waals surface area contributed by atoms with E-state index in [-0.39, 0.29) is 18.1 Å². The molecule has 0 fully saturated rings. The van der Waals surface area contributed by atoms with E-state index in [0.717, 1.165) is 11.1 Å². The second-order valence-electron chi connectivity index (χ2n) is 10.1. The number of H-pyrrole nitrogens is 1. The molecule has 10 heteroatoms. The van der Waals surface area contributed by atoms with Crippen molar-refractivity contribution in [1.29, 1.82) is 5.26 Å². The summed E-state index contributed by atoms with van der Waals surface area (Å²) in [5.41, 5.74) is 1.54. The lowest BCUT2D eigenvalue weighted by Gasteiger charge is -2.28. The summed E-state index contributed by atoms with van der Waals surface area (Å²) in [5, 5.41) is 26.0. The quantitative estimate of drug-likeness (QED) is 0.217. The summed E-state index contributed by atoms with van der Waals surface area (Å²) in [6.07, 6.45) is 0.119. The zero-order valence-electron chi connectivity index (χ0n) is 22.9. The van der Waals surface area contributed by atoms with Crippen molar-refractivity contribution in [2.24, 2.45) is 0 Å². The van der Waals surface area contributed by atoms with E-state index in [9.17, 15) is 14.7 Å². The molecule has 40 heavy (non-hydrogen) atoms. The van der Waals surface area contributed by atoms with Gasteiger partial charge in [0.2, 0.25) is 5.91 Å². The molecule has 212 valence electrons. The number of aliphatic hydroxyl groups is 1. The minimum absolute atomic E-state index is 0.0650. The number of pyridine rings is 1. The van der Waals surface area contributed by atoms with E-state index < -0.39 is 17.2 Å². The van der Waals surface area contributed by atoms with Crippen molar-refractivity contribution in [2.75, 3.05) is 26.3 Å². The molecule has 0 saturated heterocycles. The maximum Gasteiger partial charge on any atom is 0.266 e. The second-order valence-corrected chi connectivity index (χ2v) is 10.5. The number of benzene rings is 2. The summed E-state index contributed by atoms with van der Waals surface area (Å²) in [7, 11) is 0. The van der Waals surface area contributed by atoms with Crippen molar-refractivity contribution in [3.05, 3.63) is 81.2 Å². The molecule has 0 bridgehead atoms. The van der Waals surface area contributed by atoms with Gasteiger partial charge in [-0.25, -0.2) is 0 Å². The minimum atomic E-state index is -0.742. The highest BCUT2D eigenvalue weighted by Gasteiger charge is 2.20. The Labute approximate surface area is 239 Å². The predicted molar refractivity (Wildman–Crippen MR) is 155 cm³/mol. The Morgan fingerprint density at radius 3 is 2.60 bits per heavy atom. The number of β-amino-alcohol motifs (C(OH)–C–C–N with tert-alkyl or cyclic N) is 1. The molecule has 0 saturated carbocycles. The first kappa shape index (κ1) is 30.7. The SMILES string of the molecule is Cc1[nH]c(=O)c(C#N)cc1-c1ccc(OCCCC(=O)NCC(C)(C)NCC(O)COc2ccccc2Cl)cc1. The first-order valence-corrected chi connectivity index (χ1v) is 13.4. The fraction of sp³-hybridized carbons (Fsp3) is 0.367. The summed E-state index contributed by atoms with van der Waals surface area (Å²) in [4.78, 5) is 26.8. The van der Waals surface area contributed by atoms with Crippen molar-refractivity contribution in [3.8, 4) is 28.7 Å². The molecule has 3 aromatic rings. The lowest BCUT2D eigenvalue weighted by atomic mass is 10.0. The number of hydrogen-bond donors (Lipinski definition) is 4. The molecule has 1 unspecified atom stereocenters. The Bertz CT molecular complexity index is 1380. The van der Waals surface area contributed by atoms with Gasteiger partial charge in [0.1, 0.15) is 35.8 Å². The van der Waals surface area contributed by atoms with Crippen LogP contribution in [0.1, 0.15) is 37.9 Å². The van der Waals surface area contributed by atoms with Crippen molar-refractivity contribution < 1.29 is 19.4 Å². The van der Waals surface area contributed by atoms with Gasteiger partial charge in [-0.05, 0) is 63.1 Å². The van der Waals surface area contributed by atoms with Gasteiger partial charge in [0.25, 0.3) is 5.56 Å². The third kappa shape index (κ3) is 9.42. The molecule has 0 aliphatic rings. The number of nitriles is 1. The number of rotatable bonds is 14.